The Kier molecular flexibility index (Phi) is 3.98. The summed E-state index contributed by atoms with van der Waals surface area (Å²) in [6, 6.07) is 9.42. The Morgan fingerprint density at radius 3 is 2.83 bits per heavy atom. The second kappa shape index (κ2) is 6.15. The quantitative estimate of drug-likeness (QED) is 0.936. The molecule has 2 aliphatic rings. The maximum Gasteiger partial charge on any atom is 0.254 e. The minimum Gasteiger partial charge on any atom is -0.387 e. The number of fused-ring (bicyclic) bond motifs is 1. The highest BCUT2D eigenvalue weighted by molar-refractivity contribution is 6.06. The average molecular weight is 325 g/mol. The Bertz CT molecular complexity index is 752. The van der Waals surface area contributed by atoms with Gasteiger partial charge in [0.25, 0.3) is 5.91 Å². The summed E-state index contributed by atoms with van der Waals surface area (Å²) in [4.78, 5) is 21.4. The van der Waals surface area contributed by atoms with Gasteiger partial charge in [0.05, 0.1) is 17.7 Å². The number of likely N-dealkylation sites (tertiary alicyclic amines) is 2. The minimum atomic E-state index is -0.775. The van der Waals surface area contributed by atoms with Crippen LogP contribution in [0.5, 0.6) is 0 Å². The van der Waals surface area contributed by atoms with Crippen molar-refractivity contribution in [2.75, 3.05) is 32.7 Å². The van der Waals surface area contributed by atoms with E-state index >= 15 is 0 Å². The number of amides is 1. The number of hydrogen-bond donors (Lipinski definition) is 1. The van der Waals surface area contributed by atoms with Crippen LogP contribution in [0.4, 0.5) is 0 Å². The number of aliphatic hydroxyl groups is 1. The molecule has 1 atom stereocenters. The van der Waals surface area contributed by atoms with Gasteiger partial charge in [-0.3, -0.25) is 9.78 Å². The molecular weight excluding hydrogens is 302 g/mol. The predicted molar refractivity (Wildman–Crippen MR) is 92.9 cm³/mol. The van der Waals surface area contributed by atoms with Crippen molar-refractivity contribution in [3.05, 3.63) is 42.1 Å². The average Bonchev–Trinajstić information content (AvgIpc) is 3.24. The van der Waals surface area contributed by atoms with Crippen molar-refractivity contribution in [2.45, 2.75) is 24.9 Å². The summed E-state index contributed by atoms with van der Waals surface area (Å²) in [7, 11) is 0. The lowest BCUT2D eigenvalue weighted by Crippen LogP contribution is -2.45. The van der Waals surface area contributed by atoms with E-state index in [1.165, 1.54) is 12.8 Å². The molecule has 1 amide bonds. The van der Waals surface area contributed by atoms with E-state index in [1.807, 2.05) is 30.3 Å². The lowest BCUT2D eigenvalue weighted by Gasteiger charge is -2.28. The standard InChI is InChI=1S/C19H23N3O2/c23-18(16-5-3-7-17-15(16)6-4-9-20-17)22-12-8-19(24,14-22)13-21-10-1-2-11-21/h3-7,9,24H,1-2,8,10-14H2. The van der Waals surface area contributed by atoms with Gasteiger partial charge in [-0.2, -0.15) is 0 Å². The molecule has 0 aliphatic carbocycles. The fraction of sp³-hybridized carbons (Fsp3) is 0.474. The summed E-state index contributed by atoms with van der Waals surface area (Å²) in [6.45, 7) is 3.82. The number of aromatic nitrogens is 1. The number of carbonyl (C=O) groups excluding carboxylic acids is 1. The van der Waals surface area contributed by atoms with Crippen LogP contribution in [0.15, 0.2) is 36.5 Å². The molecule has 0 spiro atoms. The molecule has 2 aromatic rings. The summed E-state index contributed by atoms with van der Waals surface area (Å²) in [5.74, 6) is -0.00838. The van der Waals surface area contributed by atoms with Gasteiger partial charge in [-0.1, -0.05) is 12.1 Å². The zero-order valence-corrected chi connectivity index (χ0v) is 13.8. The van der Waals surface area contributed by atoms with Crippen LogP contribution in [0.1, 0.15) is 29.6 Å². The predicted octanol–water partition coefficient (Wildman–Crippen LogP) is 1.91. The molecule has 1 aromatic heterocycles. The number of carbonyl (C=O) groups is 1. The van der Waals surface area contributed by atoms with E-state index in [4.69, 9.17) is 0 Å². The molecule has 1 aromatic carbocycles. The molecule has 126 valence electrons. The summed E-state index contributed by atoms with van der Waals surface area (Å²) >= 11 is 0. The fourth-order valence-corrected chi connectivity index (χ4v) is 3.98. The Hall–Kier alpha value is -1.98. The maximum absolute atomic E-state index is 13.0. The Morgan fingerprint density at radius 2 is 2.00 bits per heavy atom. The Balaban J connectivity index is 1.52. The zero-order chi connectivity index (χ0) is 16.6. The van der Waals surface area contributed by atoms with Crippen molar-refractivity contribution < 1.29 is 9.90 Å². The van der Waals surface area contributed by atoms with Crippen LogP contribution >= 0.6 is 0 Å². The van der Waals surface area contributed by atoms with E-state index in [0.29, 0.717) is 31.6 Å². The second-order valence-electron chi connectivity index (χ2n) is 7.06. The first-order chi connectivity index (χ1) is 11.6. The second-order valence-corrected chi connectivity index (χ2v) is 7.06. The van der Waals surface area contributed by atoms with Crippen molar-refractivity contribution in [1.29, 1.82) is 0 Å². The monoisotopic (exact) mass is 325 g/mol. The number of rotatable bonds is 3. The van der Waals surface area contributed by atoms with E-state index in [-0.39, 0.29) is 5.91 Å². The van der Waals surface area contributed by atoms with Crippen LogP contribution in [0.2, 0.25) is 0 Å². The molecule has 0 bridgehead atoms. The van der Waals surface area contributed by atoms with Gasteiger partial charge in [0.15, 0.2) is 0 Å². The normalized spacial score (nSPS) is 24.8. The molecule has 2 fully saturated rings. The van der Waals surface area contributed by atoms with Crippen LogP contribution < -0.4 is 0 Å². The van der Waals surface area contributed by atoms with E-state index in [0.717, 1.165) is 24.0 Å². The maximum atomic E-state index is 13.0. The van der Waals surface area contributed by atoms with Crippen LogP contribution in [0.3, 0.4) is 0 Å². The first-order valence-corrected chi connectivity index (χ1v) is 8.72. The molecule has 5 nitrogen and oxygen atoms in total. The van der Waals surface area contributed by atoms with Crippen molar-refractivity contribution in [1.82, 2.24) is 14.8 Å². The first-order valence-electron chi connectivity index (χ1n) is 8.72. The minimum absolute atomic E-state index is 0.00838. The van der Waals surface area contributed by atoms with E-state index in [2.05, 4.69) is 9.88 Å². The van der Waals surface area contributed by atoms with Gasteiger partial charge in [0, 0.05) is 30.2 Å². The van der Waals surface area contributed by atoms with E-state index in [9.17, 15) is 9.90 Å². The topological polar surface area (TPSA) is 56.7 Å². The van der Waals surface area contributed by atoms with Crippen LogP contribution in [0.25, 0.3) is 10.9 Å². The summed E-state index contributed by atoms with van der Waals surface area (Å²) in [5, 5.41) is 11.8. The van der Waals surface area contributed by atoms with Crippen molar-refractivity contribution in [3.8, 4) is 0 Å². The van der Waals surface area contributed by atoms with Crippen LogP contribution in [0, 0.1) is 0 Å². The lowest BCUT2D eigenvalue weighted by molar-refractivity contribution is 0.0176. The van der Waals surface area contributed by atoms with Gasteiger partial charge < -0.3 is 14.9 Å². The number of pyridine rings is 1. The molecular formula is C19H23N3O2. The van der Waals surface area contributed by atoms with Gasteiger partial charge in [-0.25, -0.2) is 0 Å². The highest BCUT2D eigenvalue weighted by atomic mass is 16.3. The van der Waals surface area contributed by atoms with Gasteiger partial charge in [0.1, 0.15) is 0 Å². The van der Waals surface area contributed by atoms with Gasteiger partial charge >= 0.3 is 0 Å². The van der Waals surface area contributed by atoms with Crippen molar-refractivity contribution >= 4 is 16.8 Å². The molecule has 0 radical (unpaired) electrons. The summed E-state index contributed by atoms with van der Waals surface area (Å²) in [5.41, 5.74) is 0.726. The van der Waals surface area contributed by atoms with Crippen LogP contribution in [-0.4, -0.2) is 64.1 Å². The van der Waals surface area contributed by atoms with Gasteiger partial charge in [-0.15, -0.1) is 0 Å². The van der Waals surface area contributed by atoms with E-state index < -0.39 is 5.60 Å². The fourth-order valence-electron chi connectivity index (χ4n) is 3.98. The Labute approximate surface area is 141 Å². The highest BCUT2D eigenvalue weighted by Gasteiger charge is 2.40. The molecule has 0 saturated carbocycles. The zero-order valence-electron chi connectivity index (χ0n) is 13.8. The van der Waals surface area contributed by atoms with Crippen molar-refractivity contribution in [3.63, 3.8) is 0 Å². The molecule has 1 N–H and O–H groups in total. The largest absolute Gasteiger partial charge is 0.387 e. The smallest absolute Gasteiger partial charge is 0.254 e. The summed E-state index contributed by atoms with van der Waals surface area (Å²) in [6.07, 6.45) is 4.81. The molecule has 2 saturated heterocycles. The Morgan fingerprint density at radius 1 is 1.17 bits per heavy atom. The van der Waals surface area contributed by atoms with Crippen molar-refractivity contribution in [2.24, 2.45) is 0 Å². The van der Waals surface area contributed by atoms with Gasteiger partial charge in [0.2, 0.25) is 0 Å². The molecule has 3 heterocycles. The SMILES string of the molecule is O=C(c1cccc2ncccc12)N1CCC(O)(CN2CCCC2)C1. The lowest BCUT2D eigenvalue weighted by atomic mass is 10.0. The number of hydrogen-bond acceptors (Lipinski definition) is 4. The van der Waals surface area contributed by atoms with Crippen LogP contribution in [-0.2, 0) is 0 Å². The molecule has 1 unspecified atom stereocenters. The third kappa shape index (κ3) is 2.89. The third-order valence-electron chi connectivity index (χ3n) is 5.21. The number of β-amino-alcohol motifs (C(OH)–C–C–N with tert-alkyl or cyclic N) is 1. The molecule has 4 rings (SSSR count). The first kappa shape index (κ1) is 15.5. The molecule has 24 heavy (non-hydrogen) atoms. The third-order valence-corrected chi connectivity index (χ3v) is 5.21. The molecule has 5 heteroatoms. The molecule has 2 aliphatic heterocycles. The summed E-state index contributed by atoms with van der Waals surface area (Å²) < 4.78 is 0. The number of nitrogens with zero attached hydrogens (tertiary/aromatic N) is 3. The highest BCUT2D eigenvalue weighted by Crippen LogP contribution is 2.27. The van der Waals surface area contributed by atoms with Gasteiger partial charge in [-0.05, 0) is 50.6 Å². The van der Waals surface area contributed by atoms with E-state index in [1.54, 1.807) is 11.1 Å². The number of benzene rings is 1.